The molecule has 1 aliphatic heterocycles. The van der Waals surface area contributed by atoms with E-state index in [1.807, 2.05) is 31.9 Å². The fourth-order valence-electron chi connectivity index (χ4n) is 3.39. The minimum Gasteiger partial charge on any atom is -0.444 e. The second-order valence-corrected chi connectivity index (χ2v) is 6.67. The number of carbonyl (C=O) groups is 1. The van der Waals surface area contributed by atoms with Crippen LogP contribution in [0.2, 0.25) is 0 Å². The van der Waals surface area contributed by atoms with Crippen LogP contribution in [0.3, 0.4) is 0 Å². The van der Waals surface area contributed by atoms with Crippen LogP contribution in [0.5, 0.6) is 0 Å². The summed E-state index contributed by atoms with van der Waals surface area (Å²) >= 11 is 0. The Morgan fingerprint density at radius 3 is 2.95 bits per heavy atom. The highest BCUT2D eigenvalue weighted by molar-refractivity contribution is 5.70. The van der Waals surface area contributed by atoms with E-state index in [1.54, 1.807) is 6.20 Å². The van der Waals surface area contributed by atoms with Gasteiger partial charge in [0, 0.05) is 18.9 Å². The molecule has 2 aliphatic rings. The Morgan fingerprint density at radius 1 is 1.58 bits per heavy atom. The van der Waals surface area contributed by atoms with Gasteiger partial charge in [0.2, 0.25) is 0 Å². The largest absolute Gasteiger partial charge is 0.444 e. The third-order valence-corrected chi connectivity index (χ3v) is 4.10. The Balaban J connectivity index is 1.88. The van der Waals surface area contributed by atoms with E-state index in [-0.39, 0.29) is 11.6 Å². The van der Waals surface area contributed by atoms with E-state index in [1.165, 1.54) is 6.42 Å². The third-order valence-electron chi connectivity index (χ3n) is 4.10. The van der Waals surface area contributed by atoms with Gasteiger partial charge in [-0.25, -0.2) is 9.78 Å². The smallest absolute Gasteiger partial charge is 0.411 e. The fraction of sp³-hybridized carbons (Fsp3) is 0.714. The molecule has 19 heavy (non-hydrogen) atoms. The van der Waals surface area contributed by atoms with Crippen molar-refractivity contribution in [3.8, 4) is 0 Å². The lowest BCUT2D eigenvalue weighted by atomic mass is 9.96. The Morgan fingerprint density at radius 2 is 2.37 bits per heavy atom. The second-order valence-electron chi connectivity index (χ2n) is 6.67. The van der Waals surface area contributed by atoms with Crippen LogP contribution in [0.15, 0.2) is 12.4 Å². The van der Waals surface area contributed by atoms with E-state index in [0.29, 0.717) is 5.92 Å². The highest BCUT2D eigenvalue weighted by Gasteiger charge is 2.56. The molecule has 1 aromatic rings. The van der Waals surface area contributed by atoms with Crippen molar-refractivity contribution in [1.29, 1.82) is 0 Å². The SMILES string of the molecule is CC(C)(C)OC(=O)N1CC2CCC1(c1ncc[nH]1)C2. The van der Waals surface area contributed by atoms with Gasteiger partial charge in [0.05, 0.1) is 0 Å². The molecule has 2 unspecified atom stereocenters. The molecule has 2 fully saturated rings. The summed E-state index contributed by atoms with van der Waals surface area (Å²) in [6.45, 7) is 6.49. The first-order valence-corrected chi connectivity index (χ1v) is 6.91. The maximum absolute atomic E-state index is 12.4. The molecule has 104 valence electrons. The van der Waals surface area contributed by atoms with Gasteiger partial charge < -0.3 is 9.72 Å². The highest BCUT2D eigenvalue weighted by Crippen LogP contribution is 2.52. The number of rotatable bonds is 1. The summed E-state index contributed by atoms with van der Waals surface area (Å²) < 4.78 is 5.54. The van der Waals surface area contributed by atoms with Crippen LogP contribution in [0.4, 0.5) is 4.79 Å². The Hall–Kier alpha value is -1.52. The van der Waals surface area contributed by atoms with Crippen molar-refractivity contribution in [2.45, 2.75) is 51.2 Å². The van der Waals surface area contributed by atoms with Crippen LogP contribution < -0.4 is 0 Å². The minimum absolute atomic E-state index is 0.217. The van der Waals surface area contributed by atoms with Crippen molar-refractivity contribution in [2.75, 3.05) is 6.54 Å². The summed E-state index contributed by atoms with van der Waals surface area (Å²) in [6.07, 6.45) is 6.50. The number of H-pyrrole nitrogens is 1. The average molecular weight is 263 g/mol. The number of carbonyl (C=O) groups excluding carboxylic acids is 1. The van der Waals surface area contributed by atoms with Crippen molar-refractivity contribution >= 4 is 6.09 Å². The van der Waals surface area contributed by atoms with Crippen molar-refractivity contribution in [1.82, 2.24) is 14.9 Å². The predicted molar refractivity (Wildman–Crippen MR) is 70.5 cm³/mol. The Bertz CT molecular complexity index is 477. The number of aromatic nitrogens is 2. The number of likely N-dealkylation sites (tertiary alicyclic amines) is 1. The van der Waals surface area contributed by atoms with E-state index in [4.69, 9.17) is 4.74 Å². The number of aromatic amines is 1. The van der Waals surface area contributed by atoms with E-state index < -0.39 is 5.60 Å². The predicted octanol–water partition coefficient (Wildman–Crippen LogP) is 2.66. The number of nitrogens with zero attached hydrogens (tertiary/aromatic N) is 2. The second kappa shape index (κ2) is 3.99. The molecule has 2 bridgehead atoms. The van der Waals surface area contributed by atoms with Gasteiger partial charge in [-0.2, -0.15) is 0 Å². The van der Waals surface area contributed by atoms with E-state index in [0.717, 1.165) is 25.2 Å². The molecule has 1 aliphatic carbocycles. The first-order valence-electron chi connectivity index (χ1n) is 6.91. The maximum Gasteiger partial charge on any atom is 0.411 e. The average Bonchev–Trinajstić information content (AvgIpc) is 3.02. The van der Waals surface area contributed by atoms with E-state index in [9.17, 15) is 4.79 Å². The quantitative estimate of drug-likeness (QED) is 0.847. The normalized spacial score (nSPS) is 29.8. The van der Waals surface area contributed by atoms with Gasteiger partial charge in [0.25, 0.3) is 0 Å². The molecule has 1 saturated carbocycles. The summed E-state index contributed by atoms with van der Waals surface area (Å²) in [5.41, 5.74) is -0.722. The first kappa shape index (κ1) is 12.5. The zero-order valence-corrected chi connectivity index (χ0v) is 11.8. The van der Waals surface area contributed by atoms with Gasteiger partial charge in [-0.05, 0) is 46.0 Å². The molecule has 0 aromatic carbocycles. The van der Waals surface area contributed by atoms with Crippen LogP contribution in [-0.4, -0.2) is 33.1 Å². The fourth-order valence-corrected chi connectivity index (χ4v) is 3.39. The molecular formula is C14H21N3O2. The number of ether oxygens (including phenoxy) is 1. The zero-order chi connectivity index (χ0) is 13.7. The molecule has 1 N–H and O–H groups in total. The number of hydrogen-bond acceptors (Lipinski definition) is 3. The minimum atomic E-state index is -0.455. The summed E-state index contributed by atoms with van der Waals surface area (Å²) in [5.74, 6) is 1.48. The molecule has 1 amide bonds. The number of amides is 1. The number of hydrogen-bond donors (Lipinski definition) is 1. The van der Waals surface area contributed by atoms with Crippen LogP contribution in [-0.2, 0) is 10.3 Å². The Labute approximate surface area is 113 Å². The van der Waals surface area contributed by atoms with Gasteiger partial charge >= 0.3 is 6.09 Å². The van der Waals surface area contributed by atoms with E-state index >= 15 is 0 Å². The Kier molecular flexibility index (Phi) is 2.62. The molecule has 5 nitrogen and oxygen atoms in total. The lowest BCUT2D eigenvalue weighted by Crippen LogP contribution is -2.48. The lowest BCUT2D eigenvalue weighted by molar-refractivity contribution is 0.000488. The van der Waals surface area contributed by atoms with E-state index in [2.05, 4.69) is 9.97 Å². The van der Waals surface area contributed by atoms with Gasteiger partial charge in [0.1, 0.15) is 17.0 Å². The first-order chi connectivity index (χ1) is 8.91. The zero-order valence-electron chi connectivity index (χ0n) is 11.8. The van der Waals surface area contributed by atoms with Gasteiger partial charge in [-0.15, -0.1) is 0 Å². The van der Waals surface area contributed by atoms with Crippen molar-refractivity contribution in [3.63, 3.8) is 0 Å². The van der Waals surface area contributed by atoms with Crippen LogP contribution >= 0.6 is 0 Å². The van der Waals surface area contributed by atoms with Crippen LogP contribution in [0.25, 0.3) is 0 Å². The topological polar surface area (TPSA) is 58.2 Å². The lowest BCUT2D eigenvalue weighted by Gasteiger charge is -2.38. The number of nitrogens with one attached hydrogen (secondary N) is 1. The molecule has 0 radical (unpaired) electrons. The molecular weight excluding hydrogens is 242 g/mol. The summed E-state index contributed by atoms with van der Waals surface area (Å²) in [5, 5.41) is 0. The molecule has 1 aromatic heterocycles. The molecule has 0 spiro atoms. The summed E-state index contributed by atoms with van der Waals surface area (Å²) in [6, 6.07) is 0. The summed E-state index contributed by atoms with van der Waals surface area (Å²) in [4.78, 5) is 21.9. The summed E-state index contributed by atoms with van der Waals surface area (Å²) in [7, 11) is 0. The molecule has 5 heteroatoms. The van der Waals surface area contributed by atoms with Crippen LogP contribution in [0, 0.1) is 5.92 Å². The maximum atomic E-state index is 12.4. The number of fused-ring (bicyclic) bond motifs is 2. The van der Waals surface area contributed by atoms with Gasteiger partial charge in [0.15, 0.2) is 0 Å². The van der Waals surface area contributed by atoms with Gasteiger partial charge in [-0.1, -0.05) is 0 Å². The molecule has 3 rings (SSSR count). The van der Waals surface area contributed by atoms with Gasteiger partial charge in [-0.3, -0.25) is 4.90 Å². The van der Waals surface area contributed by atoms with Crippen LogP contribution in [0.1, 0.15) is 45.9 Å². The molecule has 2 atom stereocenters. The third kappa shape index (κ3) is 2.01. The van der Waals surface area contributed by atoms with Crippen molar-refractivity contribution in [3.05, 3.63) is 18.2 Å². The van der Waals surface area contributed by atoms with Crippen molar-refractivity contribution in [2.24, 2.45) is 5.92 Å². The molecule has 1 saturated heterocycles. The molecule has 2 heterocycles. The van der Waals surface area contributed by atoms with Crippen molar-refractivity contribution < 1.29 is 9.53 Å². The standard InChI is InChI=1S/C14H21N3O2/c1-13(2,3)19-12(18)17-9-10-4-5-14(17,8-10)11-15-6-7-16-11/h6-7,10H,4-5,8-9H2,1-3H3,(H,15,16). The monoisotopic (exact) mass is 263 g/mol. The highest BCUT2D eigenvalue weighted by atomic mass is 16.6. The number of piperidine rings is 1. The number of imidazole rings is 1.